The Balaban J connectivity index is 2.09. The van der Waals surface area contributed by atoms with Gasteiger partial charge in [0, 0.05) is 13.0 Å². The third-order valence-corrected chi connectivity index (χ3v) is 2.57. The van der Waals surface area contributed by atoms with Crippen LogP contribution in [0.25, 0.3) is 0 Å². The van der Waals surface area contributed by atoms with Crippen molar-refractivity contribution < 1.29 is 23.8 Å². The summed E-state index contributed by atoms with van der Waals surface area (Å²) in [7, 11) is 0. The Morgan fingerprint density at radius 1 is 1.42 bits per heavy atom. The molecule has 19 heavy (non-hydrogen) atoms. The lowest BCUT2D eigenvalue weighted by Crippen LogP contribution is -2.39. The molecule has 104 valence electrons. The number of aromatic carboxylic acids is 1. The number of ether oxygens (including phenoxy) is 1. The van der Waals surface area contributed by atoms with Crippen molar-refractivity contribution in [3.05, 3.63) is 17.3 Å². The molecule has 0 bridgehead atoms. The molecule has 0 aliphatic carbocycles. The molecular weight excluding hydrogens is 252 g/mol. The number of aromatic nitrogens is 1. The summed E-state index contributed by atoms with van der Waals surface area (Å²) in [6, 6.07) is 0. The van der Waals surface area contributed by atoms with Crippen molar-refractivity contribution in [1.82, 2.24) is 9.88 Å². The molecule has 0 aromatic carbocycles. The molecule has 0 unspecified atom stereocenters. The Bertz CT molecular complexity index is 515. The molecule has 1 N–H and O–H groups in total. The van der Waals surface area contributed by atoms with Crippen LogP contribution in [-0.2, 0) is 17.7 Å². The fraction of sp³-hybridized carbons (Fsp3) is 0.583. The van der Waals surface area contributed by atoms with Gasteiger partial charge in [0.05, 0.1) is 12.2 Å². The van der Waals surface area contributed by atoms with E-state index in [4.69, 9.17) is 14.3 Å². The van der Waals surface area contributed by atoms with Gasteiger partial charge in [0.2, 0.25) is 0 Å². The van der Waals surface area contributed by atoms with Crippen LogP contribution in [0, 0.1) is 0 Å². The van der Waals surface area contributed by atoms with E-state index in [1.54, 1.807) is 20.8 Å². The quantitative estimate of drug-likeness (QED) is 0.832. The molecule has 1 aliphatic rings. The lowest BCUT2D eigenvalue weighted by molar-refractivity contribution is 0.0208. The van der Waals surface area contributed by atoms with E-state index in [-0.39, 0.29) is 12.4 Å². The van der Waals surface area contributed by atoms with E-state index < -0.39 is 17.7 Å². The van der Waals surface area contributed by atoms with Crippen LogP contribution in [0.2, 0.25) is 0 Å². The maximum Gasteiger partial charge on any atom is 0.410 e. The van der Waals surface area contributed by atoms with Gasteiger partial charge in [0.1, 0.15) is 11.4 Å². The number of fused-ring (bicyclic) bond motifs is 1. The van der Waals surface area contributed by atoms with Crippen molar-refractivity contribution in [2.75, 3.05) is 6.54 Å². The number of carbonyl (C=O) groups excluding carboxylic acids is 1. The Hall–Kier alpha value is -2.05. The van der Waals surface area contributed by atoms with Gasteiger partial charge in [-0.1, -0.05) is 0 Å². The standard InChI is InChI=1S/C12H16N2O5/c1-12(2,3)19-11(17)14-5-4-7-8(6-14)18-9(13-7)10(15)16/h4-6H2,1-3H3,(H,15,16). The number of carboxylic acid groups (broad SMARTS) is 1. The highest BCUT2D eigenvalue weighted by atomic mass is 16.6. The number of hydrogen-bond acceptors (Lipinski definition) is 5. The van der Waals surface area contributed by atoms with Gasteiger partial charge < -0.3 is 19.2 Å². The van der Waals surface area contributed by atoms with Gasteiger partial charge in [-0.3, -0.25) is 0 Å². The van der Waals surface area contributed by atoms with Gasteiger partial charge in [-0.25, -0.2) is 14.6 Å². The summed E-state index contributed by atoms with van der Waals surface area (Å²) < 4.78 is 10.4. The van der Waals surface area contributed by atoms with Crippen LogP contribution >= 0.6 is 0 Å². The Morgan fingerprint density at radius 3 is 2.68 bits per heavy atom. The van der Waals surface area contributed by atoms with Crippen molar-refractivity contribution in [3.63, 3.8) is 0 Å². The Labute approximate surface area is 110 Å². The SMILES string of the molecule is CC(C)(C)OC(=O)N1CCc2nc(C(=O)O)oc2C1. The fourth-order valence-electron chi connectivity index (χ4n) is 1.77. The highest BCUT2D eigenvalue weighted by molar-refractivity contribution is 5.82. The number of amides is 1. The highest BCUT2D eigenvalue weighted by Crippen LogP contribution is 2.21. The second kappa shape index (κ2) is 4.56. The van der Waals surface area contributed by atoms with E-state index in [0.29, 0.717) is 24.4 Å². The lowest BCUT2D eigenvalue weighted by atomic mass is 10.1. The van der Waals surface area contributed by atoms with Crippen molar-refractivity contribution >= 4 is 12.1 Å². The normalized spacial score (nSPS) is 15.0. The number of oxazole rings is 1. The molecule has 7 heteroatoms. The van der Waals surface area contributed by atoms with Crippen molar-refractivity contribution in [2.45, 2.75) is 39.3 Å². The first kappa shape index (κ1) is 13.4. The third-order valence-electron chi connectivity index (χ3n) is 2.57. The van der Waals surface area contributed by atoms with Gasteiger partial charge in [0.15, 0.2) is 0 Å². The van der Waals surface area contributed by atoms with Crippen molar-refractivity contribution in [3.8, 4) is 0 Å². The van der Waals surface area contributed by atoms with E-state index in [2.05, 4.69) is 4.98 Å². The molecule has 0 saturated heterocycles. The van der Waals surface area contributed by atoms with Gasteiger partial charge in [-0.2, -0.15) is 0 Å². The van der Waals surface area contributed by atoms with Crippen LogP contribution < -0.4 is 0 Å². The summed E-state index contributed by atoms with van der Waals surface area (Å²) in [6.45, 7) is 5.99. The number of rotatable bonds is 1. The van der Waals surface area contributed by atoms with Gasteiger partial charge in [-0.05, 0) is 20.8 Å². The summed E-state index contributed by atoms with van der Waals surface area (Å²) >= 11 is 0. The molecule has 1 aliphatic heterocycles. The Morgan fingerprint density at radius 2 is 2.11 bits per heavy atom. The van der Waals surface area contributed by atoms with E-state index in [0.717, 1.165) is 0 Å². The maximum absolute atomic E-state index is 11.9. The molecule has 2 rings (SSSR count). The molecule has 0 spiro atoms. The summed E-state index contributed by atoms with van der Waals surface area (Å²) in [4.78, 5) is 28.0. The molecule has 1 aromatic rings. The first-order valence-electron chi connectivity index (χ1n) is 5.96. The van der Waals surface area contributed by atoms with Gasteiger partial charge in [0.25, 0.3) is 0 Å². The predicted octanol–water partition coefficient (Wildman–Crippen LogP) is 1.67. The summed E-state index contributed by atoms with van der Waals surface area (Å²) in [5.74, 6) is -1.14. The number of carboxylic acids is 1. The van der Waals surface area contributed by atoms with Crippen molar-refractivity contribution in [1.29, 1.82) is 0 Å². The second-order valence-electron chi connectivity index (χ2n) is 5.35. The van der Waals surface area contributed by atoms with Crippen LogP contribution in [0.15, 0.2) is 4.42 Å². The molecule has 2 heterocycles. The number of carbonyl (C=O) groups is 2. The molecule has 0 atom stereocenters. The molecular formula is C12H16N2O5. The minimum atomic E-state index is -1.21. The molecule has 0 radical (unpaired) electrons. The zero-order valence-corrected chi connectivity index (χ0v) is 11.1. The summed E-state index contributed by atoms with van der Waals surface area (Å²) in [5, 5.41) is 8.80. The predicted molar refractivity (Wildman–Crippen MR) is 63.8 cm³/mol. The van der Waals surface area contributed by atoms with Gasteiger partial charge >= 0.3 is 18.0 Å². The zero-order chi connectivity index (χ0) is 14.2. The van der Waals surface area contributed by atoms with E-state index in [9.17, 15) is 9.59 Å². The number of hydrogen-bond donors (Lipinski definition) is 1. The van der Waals surface area contributed by atoms with E-state index in [1.807, 2.05) is 0 Å². The lowest BCUT2D eigenvalue weighted by Gasteiger charge is -2.28. The number of nitrogens with zero attached hydrogens (tertiary/aromatic N) is 2. The topological polar surface area (TPSA) is 92.9 Å². The van der Waals surface area contributed by atoms with Crippen LogP contribution in [0.5, 0.6) is 0 Å². The molecule has 1 amide bonds. The molecule has 7 nitrogen and oxygen atoms in total. The van der Waals surface area contributed by atoms with Gasteiger partial charge in [-0.15, -0.1) is 0 Å². The van der Waals surface area contributed by atoms with E-state index in [1.165, 1.54) is 4.90 Å². The third kappa shape index (κ3) is 3.04. The second-order valence-corrected chi connectivity index (χ2v) is 5.35. The van der Waals surface area contributed by atoms with Crippen LogP contribution in [-0.4, -0.2) is 39.2 Å². The first-order valence-corrected chi connectivity index (χ1v) is 5.96. The van der Waals surface area contributed by atoms with Crippen LogP contribution in [0.3, 0.4) is 0 Å². The monoisotopic (exact) mass is 268 g/mol. The summed E-state index contributed by atoms with van der Waals surface area (Å²) in [5.41, 5.74) is 0.0302. The summed E-state index contributed by atoms with van der Waals surface area (Å²) in [6.07, 6.45) is 0.0252. The Kier molecular flexibility index (Phi) is 3.21. The minimum absolute atomic E-state index is 0.185. The van der Waals surface area contributed by atoms with E-state index >= 15 is 0 Å². The average molecular weight is 268 g/mol. The fourth-order valence-corrected chi connectivity index (χ4v) is 1.77. The highest BCUT2D eigenvalue weighted by Gasteiger charge is 2.29. The largest absolute Gasteiger partial charge is 0.474 e. The minimum Gasteiger partial charge on any atom is -0.474 e. The zero-order valence-electron chi connectivity index (χ0n) is 11.1. The maximum atomic E-state index is 11.9. The van der Waals surface area contributed by atoms with Crippen LogP contribution in [0.1, 0.15) is 42.9 Å². The van der Waals surface area contributed by atoms with Crippen LogP contribution in [0.4, 0.5) is 4.79 Å². The molecule has 1 aromatic heterocycles. The van der Waals surface area contributed by atoms with Crippen molar-refractivity contribution in [2.24, 2.45) is 0 Å². The average Bonchev–Trinajstić information content (AvgIpc) is 2.69. The first-order chi connectivity index (χ1) is 8.76. The molecule has 0 saturated carbocycles. The smallest absolute Gasteiger partial charge is 0.410 e. The molecule has 0 fully saturated rings.